The van der Waals surface area contributed by atoms with E-state index in [0.717, 1.165) is 10.4 Å². The average molecular weight is 286 g/mol. The van der Waals surface area contributed by atoms with Gasteiger partial charge in [0.1, 0.15) is 0 Å². The normalized spacial score (nSPS) is 17.7. The highest BCUT2D eigenvalue weighted by atomic mass is 79.9. The van der Waals surface area contributed by atoms with Crippen LogP contribution in [-0.2, 0) is 0 Å². The van der Waals surface area contributed by atoms with Gasteiger partial charge in [0.15, 0.2) is 0 Å². The smallest absolute Gasteiger partial charge is 0.232 e. The summed E-state index contributed by atoms with van der Waals surface area (Å²) >= 11 is 3.33. The Bertz CT molecular complexity index is 368. The molecular weight excluding hydrogens is 270 g/mol. The molecule has 16 heavy (non-hydrogen) atoms. The first kappa shape index (κ1) is 11.6. The molecule has 5 heteroatoms. The molecule has 1 atom stereocenters. The Hall–Kier alpha value is -0.840. The minimum absolute atomic E-state index is 0.430. The zero-order valence-electron chi connectivity index (χ0n) is 9.53. The van der Waals surface area contributed by atoms with Gasteiger partial charge in [-0.1, -0.05) is 6.42 Å². The monoisotopic (exact) mass is 285 g/mol. The molecule has 1 fully saturated rings. The summed E-state index contributed by atoms with van der Waals surface area (Å²) in [4.78, 5) is 8.50. The summed E-state index contributed by atoms with van der Waals surface area (Å²) in [6.07, 6.45) is 5.67. The lowest BCUT2D eigenvalue weighted by Gasteiger charge is -2.31. The summed E-state index contributed by atoms with van der Waals surface area (Å²) in [5.74, 6) is 1.97. The van der Waals surface area contributed by atoms with Crippen molar-refractivity contribution in [1.29, 1.82) is 0 Å². The summed E-state index contributed by atoms with van der Waals surface area (Å²) < 4.78 is 5.90. The number of rotatable bonds is 4. The molecule has 0 aromatic carbocycles. The zero-order chi connectivity index (χ0) is 11.5. The molecule has 0 aliphatic heterocycles. The molecule has 1 aliphatic carbocycles. The third-order valence-corrected chi connectivity index (χ3v) is 3.66. The topological polar surface area (TPSA) is 47.0 Å². The Balaban J connectivity index is 2.03. The lowest BCUT2D eigenvalue weighted by Crippen LogP contribution is -2.31. The van der Waals surface area contributed by atoms with Crippen molar-refractivity contribution in [3.63, 3.8) is 0 Å². The molecule has 1 aromatic heterocycles. The van der Waals surface area contributed by atoms with Crippen LogP contribution in [0.25, 0.3) is 0 Å². The van der Waals surface area contributed by atoms with Crippen LogP contribution in [0.4, 0.5) is 5.95 Å². The number of hydrogen-bond acceptors (Lipinski definition) is 4. The largest absolute Gasteiger partial charge is 0.480 e. The second-order valence-electron chi connectivity index (χ2n) is 4.17. The van der Waals surface area contributed by atoms with Gasteiger partial charge in [-0.2, -0.15) is 4.98 Å². The molecule has 1 saturated carbocycles. The second-order valence-corrected chi connectivity index (χ2v) is 5.03. The Morgan fingerprint density at radius 2 is 2.31 bits per heavy atom. The van der Waals surface area contributed by atoms with E-state index in [1.807, 2.05) is 0 Å². The zero-order valence-corrected chi connectivity index (χ0v) is 11.1. The van der Waals surface area contributed by atoms with Crippen LogP contribution in [0.3, 0.4) is 0 Å². The van der Waals surface area contributed by atoms with E-state index in [4.69, 9.17) is 4.74 Å². The fraction of sp³-hybridized carbons (Fsp3) is 0.636. The maximum Gasteiger partial charge on any atom is 0.232 e. The van der Waals surface area contributed by atoms with Crippen LogP contribution in [0.2, 0.25) is 0 Å². The molecule has 1 aliphatic rings. The van der Waals surface area contributed by atoms with Gasteiger partial charge in [-0.05, 0) is 41.6 Å². The first-order valence-electron chi connectivity index (χ1n) is 5.53. The molecule has 0 amide bonds. The van der Waals surface area contributed by atoms with E-state index in [1.54, 1.807) is 13.3 Å². The van der Waals surface area contributed by atoms with Crippen LogP contribution in [0.15, 0.2) is 10.7 Å². The summed E-state index contributed by atoms with van der Waals surface area (Å²) in [5, 5.41) is 3.32. The van der Waals surface area contributed by atoms with Gasteiger partial charge in [0.25, 0.3) is 0 Å². The van der Waals surface area contributed by atoms with Crippen molar-refractivity contribution in [3.05, 3.63) is 10.7 Å². The lowest BCUT2D eigenvalue weighted by atomic mass is 9.80. The fourth-order valence-corrected chi connectivity index (χ4v) is 2.18. The number of halogens is 1. The first-order valence-corrected chi connectivity index (χ1v) is 6.33. The highest BCUT2D eigenvalue weighted by molar-refractivity contribution is 9.10. The van der Waals surface area contributed by atoms with E-state index in [-0.39, 0.29) is 0 Å². The SMILES string of the molecule is COc1nc(NC(C)C2CCC2)ncc1Br. The summed E-state index contributed by atoms with van der Waals surface area (Å²) in [6.45, 7) is 2.18. The molecule has 1 unspecified atom stereocenters. The van der Waals surface area contributed by atoms with Crippen LogP contribution in [0.5, 0.6) is 5.88 Å². The quantitative estimate of drug-likeness (QED) is 0.924. The Morgan fingerprint density at radius 1 is 1.56 bits per heavy atom. The van der Waals surface area contributed by atoms with Crippen molar-refractivity contribution >= 4 is 21.9 Å². The van der Waals surface area contributed by atoms with Gasteiger partial charge in [0, 0.05) is 6.04 Å². The first-order chi connectivity index (χ1) is 7.70. The number of aromatic nitrogens is 2. The molecule has 0 bridgehead atoms. The number of nitrogens with one attached hydrogen (secondary N) is 1. The second kappa shape index (κ2) is 4.99. The molecule has 88 valence electrons. The number of nitrogens with zero attached hydrogens (tertiary/aromatic N) is 2. The van der Waals surface area contributed by atoms with E-state index in [0.29, 0.717) is 17.9 Å². The molecule has 1 aromatic rings. The van der Waals surface area contributed by atoms with Gasteiger partial charge < -0.3 is 10.1 Å². The number of anilines is 1. The summed E-state index contributed by atoms with van der Waals surface area (Å²) in [6, 6.07) is 0.430. The molecule has 1 heterocycles. The van der Waals surface area contributed by atoms with Crippen molar-refractivity contribution in [2.45, 2.75) is 32.2 Å². The third kappa shape index (κ3) is 2.45. The van der Waals surface area contributed by atoms with Gasteiger partial charge in [-0.15, -0.1) is 0 Å². The van der Waals surface area contributed by atoms with Crippen molar-refractivity contribution < 1.29 is 4.74 Å². The molecule has 0 saturated heterocycles. The predicted octanol–water partition coefficient (Wildman–Crippen LogP) is 2.85. The molecule has 0 radical (unpaired) electrons. The van der Waals surface area contributed by atoms with E-state index < -0.39 is 0 Å². The van der Waals surface area contributed by atoms with Gasteiger partial charge in [-0.3, -0.25) is 0 Å². The fourth-order valence-electron chi connectivity index (χ4n) is 1.83. The minimum atomic E-state index is 0.430. The van der Waals surface area contributed by atoms with E-state index in [2.05, 4.69) is 38.1 Å². The molecule has 1 N–H and O–H groups in total. The van der Waals surface area contributed by atoms with Gasteiger partial charge in [0.2, 0.25) is 11.8 Å². The Kier molecular flexibility index (Phi) is 3.63. The summed E-state index contributed by atoms with van der Waals surface area (Å²) in [7, 11) is 1.60. The molecule has 4 nitrogen and oxygen atoms in total. The average Bonchev–Trinajstić information content (AvgIpc) is 2.18. The highest BCUT2D eigenvalue weighted by Gasteiger charge is 2.24. The van der Waals surface area contributed by atoms with E-state index in [1.165, 1.54) is 19.3 Å². The van der Waals surface area contributed by atoms with Gasteiger partial charge in [-0.25, -0.2) is 4.98 Å². The van der Waals surface area contributed by atoms with Crippen LogP contribution in [0.1, 0.15) is 26.2 Å². The standard InChI is InChI=1S/C11H16BrN3O/c1-7(8-4-3-5-8)14-11-13-6-9(12)10(15-11)16-2/h6-8H,3-5H2,1-2H3,(H,13,14,15). The minimum Gasteiger partial charge on any atom is -0.480 e. The van der Waals surface area contributed by atoms with E-state index in [9.17, 15) is 0 Å². The number of methoxy groups -OCH3 is 1. The summed E-state index contributed by atoms with van der Waals surface area (Å²) in [5.41, 5.74) is 0. The Morgan fingerprint density at radius 3 is 2.88 bits per heavy atom. The molecule has 0 spiro atoms. The van der Waals surface area contributed by atoms with Crippen LogP contribution >= 0.6 is 15.9 Å². The highest BCUT2D eigenvalue weighted by Crippen LogP contribution is 2.31. The van der Waals surface area contributed by atoms with Gasteiger partial charge in [0.05, 0.1) is 17.8 Å². The van der Waals surface area contributed by atoms with Crippen molar-refractivity contribution in [3.8, 4) is 5.88 Å². The lowest BCUT2D eigenvalue weighted by molar-refractivity contribution is 0.284. The number of ether oxygens (including phenoxy) is 1. The van der Waals surface area contributed by atoms with E-state index >= 15 is 0 Å². The maximum atomic E-state index is 5.13. The van der Waals surface area contributed by atoms with Crippen LogP contribution in [-0.4, -0.2) is 23.1 Å². The maximum absolute atomic E-state index is 5.13. The van der Waals surface area contributed by atoms with Gasteiger partial charge >= 0.3 is 0 Å². The van der Waals surface area contributed by atoms with Crippen molar-refractivity contribution in [1.82, 2.24) is 9.97 Å². The van der Waals surface area contributed by atoms with Crippen molar-refractivity contribution in [2.75, 3.05) is 12.4 Å². The Labute approximate surface area is 104 Å². The number of hydrogen-bond donors (Lipinski definition) is 1. The molecule has 2 rings (SSSR count). The van der Waals surface area contributed by atoms with Crippen molar-refractivity contribution in [2.24, 2.45) is 5.92 Å². The third-order valence-electron chi connectivity index (χ3n) is 3.12. The predicted molar refractivity (Wildman–Crippen MR) is 66.7 cm³/mol. The van der Waals surface area contributed by atoms with Crippen LogP contribution < -0.4 is 10.1 Å². The molecular formula is C11H16BrN3O. The van der Waals surface area contributed by atoms with Crippen LogP contribution in [0, 0.1) is 5.92 Å².